The van der Waals surface area contributed by atoms with Crippen LogP contribution in [-0.4, -0.2) is 31.3 Å². The van der Waals surface area contributed by atoms with E-state index in [2.05, 4.69) is 15.5 Å². The van der Waals surface area contributed by atoms with Gasteiger partial charge in [-0.15, -0.1) is 5.10 Å². The van der Waals surface area contributed by atoms with E-state index in [-0.39, 0.29) is 13.0 Å². The lowest BCUT2D eigenvalue weighted by molar-refractivity contribution is -0.137. The van der Waals surface area contributed by atoms with E-state index >= 15 is 0 Å². The quantitative estimate of drug-likeness (QED) is 0.912. The normalized spacial score (nSPS) is 10.6. The third-order valence-electron chi connectivity index (χ3n) is 2.49. The Hall–Kier alpha value is -1.95. The molecule has 0 bridgehead atoms. The minimum atomic E-state index is -0.885. The first-order chi connectivity index (χ1) is 8.58. The fourth-order valence-corrected chi connectivity index (χ4v) is 1.66. The molecular formula is C11H11ClN4O2. The van der Waals surface area contributed by atoms with Gasteiger partial charge >= 0.3 is 5.97 Å². The molecule has 1 N–H and O–H groups in total. The highest BCUT2D eigenvalue weighted by Crippen LogP contribution is 2.22. The zero-order chi connectivity index (χ0) is 13.1. The number of carboxylic acid groups (broad SMARTS) is 1. The molecule has 0 saturated heterocycles. The van der Waals surface area contributed by atoms with E-state index in [0.717, 1.165) is 11.1 Å². The average molecular weight is 267 g/mol. The third kappa shape index (κ3) is 2.65. The molecular weight excluding hydrogens is 256 g/mol. The molecule has 94 valence electrons. The van der Waals surface area contributed by atoms with Gasteiger partial charge in [0.25, 0.3) is 0 Å². The predicted molar refractivity (Wildman–Crippen MR) is 65.3 cm³/mol. The lowest BCUT2D eigenvalue weighted by Gasteiger charge is -2.04. The molecule has 18 heavy (non-hydrogen) atoms. The Morgan fingerprint density at radius 1 is 1.50 bits per heavy atom. The maximum absolute atomic E-state index is 10.5. The fourth-order valence-electron chi connectivity index (χ4n) is 1.55. The molecule has 0 spiro atoms. The number of tetrazole rings is 1. The van der Waals surface area contributed by atoms with Gasteiger partial charge in [0, 0.05) is 10.6 Å². The summed E-state index contributed by atoms with van der Waals surface area (Å²) in [6, 6.07) is 5.44. The predicted octanol–water partition coefficient (Wildman–Crippen LogP) is 1.78. The zero-order valence-corrected chi connectivity index (χ0v) is 10.4. The Labute approximate surface area is 108 Å². The fraction of sp³-hybridized carbons (Fsp3) is 0.273. The number of aliphatic carboxylic acids is 1. The van der Waals surface area contributed by atoms with Crippen molar-refractivity contribution in [2.75, 3.05) is 0 Å². The Bertz CT molecular complexity index is 582. The minimum Gasteiger partial charge on any atom is -0.481 e. The Morgan fingerprint density at radius 3 is 2.94 bits per heavy atom. The van der Waals surface area contributed by atoms with Gasteiger partial charge in [-0.05, 0) is 41.1 Å². The molecule has 0 aliphatic rings. The molecule has 0 fully saturated rings. The van der Waals surface area contributed by atoms with Gasteiger partial charge in [0.1, 0.15) is 0 Å². The van der Waals surface area contributed by atoms with Gasteiger partial charge in [-0.25, -0.2) is 4.68 Å². The van der Waals surface area contributed by atoms with E-state index in [1.54, 1.807) is 12.1 Å². The SMILES string of the molecule is Cc1cc(-c2nnnn2CCC(=O)O)ccc1Cl. The van der Waals surface area contributed by atoms with Crippen LogP contribution in [-0.2, 0) is 11.3 Å². The number of rotatable bonds is 4. The van der Waals surface area contributed by atoms with Crippen LogP contribution in [0.1, 0.15) is 12.0 Å². The molecule has 7 heteroatoms. The highest BCUT2D eigenvalue weighted by atomic mass is 35.5. The van der Waals surface area contributed by atoms with Gasteiger partial charge in [-0.3, -0.25) is 4.79 Å². The smallest absolute Gasteiger partial charge is 0.305 e. The molecule has 0 aliphatic heterocycles. The summed E-state index contributed by atoms with van der Waals surface area (Å²) in [5.41, 5.74) is 1.73. The summed E-state index contributed by atoms with van der Waals surface area (Å²) in [5.74, 6) is -0.347. The summed E-state index contributed by atoms with van der Waals surface area (Å²) in [6.07, 6.45) is -0.0232. The number of nitrogens with zero attached hydrogens (tertiary/aromatic N) is 4. The van der Waals surface area contributed by atoms with E-state index in [4.69, 9.17) is 16.7 Å². The number of benzene rings is 1. The van der Waals surface area contributed by atoms with Gasteiger partial charge < -0.3 is 5.11 Å². The third-order valence-corrected chi connectivity index (χ3v) is 2.91. The molecule has 1 heterocycles. The lowest BCUT2D eigenvalue weighted by Crippen LogP contribution is -2.07. The van der Waals surface area contributed by atoms with Crippen LogP contribution in [0.3, 0.4) is 0 Å². The second kappa shape index (κ2) is 5.14. The van der Waals surface area contributed by atoms with Crippen molar-refractivity contribution in [3.63, 3.8) is 0 Å². The summed E-state index contributed by atoms with van der Waals surface area (Å²) in [6.45, 7) is 2.12. The molecule has 0 atom stereocenters. The molecule has 1 aromatic carbocycles. The molecule has 0 unspecified atom stereocenters. The second-order valence-electron chi connectivity index (χ2n) is 3.83. The van der Waals surface area contributed by atoms with Gasteiger partial charge in [-0.2, -0.15) is 0 Å². The first-order valence-electron chi connectivity index (χ1n) is 5.32. The number of halogens is 1. The zero-order valence-electron chi connectivity index (χ0n) is 9.67. The summed E-state index contributed by atoms with van der Waals surface area (Å²) in [7, 11) is 0. The molecule has 0 saturated carbocycles. The number of carboxylic acids is 1. The first kappa shape index (κ1) is 12.5. The molecule has 0 radical (unpaired) electrons. The summed E-state index contributed by atoms with van der Waals surface area (Å²) in [5, 5.41) is 20.6. The monoisotopic (exact) mass is 266 g/mol. The van der Waals surface area contributed by atoms with Gasteiger partial charge in [-0.1, -0.05) is 11.6 Å². The molecule has 2 rings (SSSR count). The van der Waals surface area contributed by atoms with Crippen molar-refractivity contribution in [1.29, 1.82) is 0 Å². The molecule has 1 aromatic heterocycles. The van der Waals surface area contributed by atoms with Crippen LogP contribution in [0.25, 0.3) is 11.4 Å². The summed E-state index contributed by atoms with van der Waals surface area (Å²) >= 11 is 5.95. The van der Waals surface area contributed by atoms with Crippen LogP contribution in [0, 0.1) is 6.92 Å². The van der Waals surface area contributed by atoms with Crippen molar-refractivity contribution in [3.8, 4) is 11.4 Å². The minimum absolute atomic E-state index is 0.0232. The highest BCUT2D eigenvalue weighted by molar-refractivity contribution is 6.31. The van der Waals surface area contributed by atoms with Crippen molar-refractivity contribution in [3.05, 3.63) is 28.8 Å². The van der Waals surface area contributed by atoms with E-state index in [1.165, 1.54) is 4.68 Å². The van der Waals surface area contributed by atoms with Crippen molar-refractivity contribution in [2.45, 2.75) is 19.9 Å². The molecule has 0 aliphatic carbocycles. The Kier molecular flexibility index (Phi) is 3.57. The highest BCUT2D eigenvalue weighted by Gasteiger charge is 2.10. The van der Waals surface area contributed by atoms with E-state index in [1.807, 2.05) is 13.0 Å². The van der Waals surface area contributed by atoms with Crippen LogP contribution >= 0.6 is 11.6 Å². The van der Waals surface area contributed by atoms with E-state index < -0.39 is 5.97 Å². The number of hydrogen-bond acceptors (Lipinski definition) is 4. The van der Waals surface area contributed by atoms with Crippen molar-refractivity contribution >= 4 is 17.6 Å². The van der Waals surface area contributed by atoms with Crippen LogP contribution in [0.4, 0.5) is 0 Å². The summed E-state index contributed by atoms with van der Waals surface area (Å²) < 4.78 is 1.47. The van der Waals surface area contributed by atoms with Crippen LogP contribution in [0.5, 0.6) is 0 Å². The summed E-state index contributed by atoms with van der Waals surface area (Å²) in [4.78, 5) is 10.5. The number of carbonyl (C=O) groups is 1. The number of aromatic nitrogens is 4. The molecule has 0 amide bonds. The topological polar surface area (TPSA) is 80.9 Å². The van der Waals surface area contributed by atoms with Crippen LogP contribution in [0.15, 0.2) is 18.2 Å². The van der Waals surface area contributed by atoms with Gasteiger partial charge in [0.2, 0.25) is 0 Å². The number of hydrogen-bond donors (Lipinski definition) is 1. The largest absolute Gasteiger partial charge is 0.481 e. The average Bonchev–Trinajstić information content (AvgIpc) is 2.78. The van der Waals surface area contributed by atoms with Crippen LogP contribution < -0.4 is 0 Å². The standard InChI is InChI=1S/C11H11ClN4O2/c1-7-6-8(2-3-9(7)12)11-13-14-15-16(11)5-4-10(17)18/h2-3,6H,4-5H2,1H3,(H,17,18). The Balaban J connectivity index is 2.30. The van der Waals surface area contributed by atoms with E-state index in [9.17, 15) is 4.79 Å². The van der Waals surface area contributed by atoms with Gasteiger partial charge in [0.15, 0.2) is 5.82 Å². The maximum atomic E-state index is 10.5. The van der Waals surface area contributed by atoms with Crippen molar-refractivity contribution in [1.82, 2.24) is 20.2 Å². The van der Waals surface area contributed by atoms with Crippen LogP contribution in [0.2, 0.25) is 5.02 Å². The molecule has 6 nitrogen and oxygen atoms in total. The van der Waals surface area contributed by atoms with Gasteiger partial charge in [0.05, 0.1) is 13.0 Å². The number of aryl methyl sites for hydroxylation is 2. The maximum Gasteiger partial charge on any atom is 0.305 e. The molecule has 2 aromatic rings. The second-order valence-corrected chi connectivity index (χ2v) is 4.24. The first-order valence-corrected chi connectivity index (χ1v) is 5.70. The van der Waals surface area contributed by atoms with E-state index in [0.29, 0.717) is 10.8 Å². The Morgan fingerprint density at radius 2 is 2.28 bits per heavy atom. The lowest BCUT2D eigenvalue weighted by atomic mass is 10.1. The van der Waals surface area contributed by atoms with Crippen molar-refractivity contribution in [2.24, 2.45) is 0 Å². The van der Waals surface area contributed by atoms with Crippen molar-refractivity contribution < 1.29 is 9.90 Å².